The van der Waals surface area contributed by atoms with Crippen molar-refractivity contribution in [3.8, 4) is 5.75 Å². The molecule has 5 nitrogen and oxygen atoms in total. The van der Waals surface area contributed by atoms with Crippen LogP contribution in [-0.4, -0.2) is 32.0 Å². The van der Waals surface area contributed by atoms with Crippen molar-refractivity contribution >= 4 is 29.2 Å². The Bertz CT molecular complexity index is 409. The second-order valence-electron chi connectivity index (χ2n) is 3.93. The van der Waals surface area contributed by atoms with Gasteiger partial charge in [0.1, 0.15) is 5.75 Å². The summed E-state index contributed by atoms with van der Waals surface area (Å²) in [5, 5.41) is 2.17. The SMILES string of the molecule is CCN(CC)c1ccc(N)c(OC)c1.CCNC(=O)S. The van der Waals surface area contributed by atoms with Gasteiger partial charge in [-0.2, -0.15) is 0 Å². The average Bonchev–Trinajstić information content (AvgIpc) is 2.42. The quantitative estimate of drug-likeness (QED) is 0.578. The van der Waals surface area contributed by atoms with E-state index < -0.39 is 0 Å². The molecule has 0 radical (unpaired) electrons. The largest absolute Gasteiger partial charge is 0.495 e. The van der Waals surface area contributed by atoms with Crippen molar-refractivity contribution in [2.24, 2.45) is 0 Å². The average molecular weight is 299 g/mol. The van der Waals surface area contributed by atoms with Crippen molar-refractivity contribution < 1.29 is 9.53 Å². The lowest BCUT2D eigenvalue weighted by molar-refractivity contribution is 0.261. The summed E-state index contributed by atoms with van der Waals surface area (Å²) in [5.41, 5.74) is 7.58. The lowest BCUT2D eigenvalue weighted by Gasteiger charge is -2.21. The van der Waals surface area contributed by atoms with Crippen LogP contribution in [0.25, 0.3) is 0 Å². The van der Waals surface area contributed by atoms with Gasteiger partial charge in [0.15, 0.2) is 0 Å². The molecule has 0 saturated carbocycles. The second kappa shape index (κ2) is 10.3. The molecule has 3 N–H and O–H groups in total. The molecule has 0 bridgehead atoms. The third-order valence-electron chi connectivity index (χ3n) is 2.67. The van der Waals surface area contributed by atoms with E-state index in [0.717, 1.165) is 24.5 Å². The topological polar surface area (TPSA) is 67.6 Å². The maximum atomic E-state index is 9.80. The Balaban J connectivity index is 0.000000511. The van der Waals surface area contributed by atoms with Gasteiger partial charge in [0, 0.05) is 31.4 Å². The summed E-state index contributed by atoms with van der Waals surface area (Å²) in [4.78, 5) is 12.0. The molecule has 1 rings (SSSR count). The third-order valence-corrected chi connectivity index (χ3v) is 2.83. The van der Waals surface area contributed by atoms with E-state index in [-0.39, 0.29) is 5.24 Å². The fraction of sp³-hybridized carbons (Fsp3) is 0.500. The maximum Gasteiger partial charge on any atom is 0.275 e. The molecule has 0 fully saturated rings. The molecule has 0 saturated heterocycles. The highest BCUT2D eigenvalue weighted by Gasteiger charge is 2.05. The van der Waals surface area contributed by atoms with E-state index in [0.29, 0.717) is 12.2 Å². The number of benzene rings is 1. The van der Waals surface area contributed by atoms with Crippen LogP contribution in [0.2, 0.25) is 0 Å². The van der Waals surface area contributed by atoms with Crippen molar-refractivity contribution in [1.29, 1.82) is 0 Å². The van der Waals surface area contributed by atoms with Gasteiger partial charge in [0.2, 0.25) is 0 Å². The van der Waals surface area contributed by atoms with Crippen LogP contribution >= 0.6 is 12.6 Å². The number of carbonyl (C=O) groups excluding carboxylic acids is 1. The summed E-state index contributed by atoms with van der Waals surface area (Å²) in [6, 6.07) is 5.87. The van der Waals surface area contributed by atoms with E-state index in [4.69, 9.17) is 10.5 Å². The Morgan fingerprint density at radius 1 is 1.35 bits per heavy atom. The molecule has 0 aromatic heterocycles. The number of methoxy groups -OCH3 is 1. The summed E-state index contributed by atoms with van der Waals surface area (Å²) in [5.74, 6) is 0.745. The smallest absolute Gasteiger partial charge is 0.275 e. The number of hydrogen-bond acceptors (Lipinski definition) is 4. The highest BCUT2D eigenvalue weighted by molar-refractivity contribution is 7.96. The highest BCUT2D eigenvalue weighted by Crippen LogP contribution is 2.27. The number of thiol groups is 1. The van der Waals surface area contributed by atoms with Gasteiger partial charge in [0.05, 0.1) is 12.8 Å². The summed E-state index contributed by atoms with van der Waals surface area (Å²) in [7, 11) is 1.64. The van der Waals surface area contributed by atoms with Crippen LogP contribution in [-0.2, 0) is 0 Å². The van der Waals surface area contributed by atoms with Crippen LogP contribution < -0.4 is 20.7 Å². The van der Waals surface area contributed by atoms with E-state index in [9.17, 15) is 4.79 Å². The normalized spacial score (nSPS) is 9.25. The van der Waals surface area contributed by atoms with Crippen molar-refractivity contribution in [2.45, 2.75) is 20.8 Å². The van der Waals surface area contributed by atoms with E-state index in [1.54, 1.807) is 7.11 Å². The molecule has 1 aromatic carbocycles. The molecule has 1 aromatic rings. The molecule has 0 aliphatic heterocycles. The number of amides is 1. The Morgan fingerprint density at radius 3 is 2.30 bits per heavy atom. The van der Waals surface area contributed by atoms with E-state index in [1.807, 2.05) is 25.1 Å². The van der Waals surface area contributed by atoms with Crippen molar-refractivity contribution in [1.82, 2.24) is 5.32 Å². The van der Waals surface area contributed by atoms with E-state index in [1.165, 1.54) is 0 Å². The van der Waals surface area contributed by atoms with E-state index in [2.05, 4.69) is 36.7 Å². The number of anilines is 2. The molecule has 0 spiro atoms. The molecule has 0 heterocycles. The number of hydrogen-bond donors (Lipinski definition) is 3. The van der Waals surface area contributed by atoms with Gasteiger partial charge < -0.3 is 20.7 Å². The van der Waals surface area contributed by atoms with Gasteiger partial charge >= 0.3 is 0 Å². The van der Waals surface area contributed by atoms with Crippen molar-refractivity contribution in [3.63, 3.8) is 0 Å². The van der Waals surface area contributed by atoms with Crippen LogP contribution in [0.1, 0.15) is 20.8 Å². The van der Waals surface area contributed by atoms with Gasteiger partial charge in [-0.3, -0.25) is 4.79 Å². The number of nitrogens with two attached hydrogens (primary N) is 1. The molecule has 0 unspecified atom stereocenters. The molecule has 20 heavy (non-hydrogen) atoms. The minimum Gasteiger partial charge on any atom is -0.495 e. The lowest BCUT2D eigenvalue weighted by Crippen LogP contribution is -2.21. The van der Waals surface area contributed by atoms with Gasteiger partial charge in [-0.15, -0.1) is 0 Å². The third kappa shape index (κ3) is 6.56. The number of rotatable bonds is 5. The van der Waals surface area contributed by atoms with Gasteiger partial charge in [-0.25, -0.2) is 0 Å². The van der Waals surface area contributed by atoms with Crippen LogP contribution in [0.5, 0.6) is 5.75 Å². The number of ether oxygens (including phenoxy) is 1. The zero-order chi connectivity index (χ0) is 15.5. The van der Waals surface area contributed by atoms with E-state index >= 15 is 0 Å². The van der Waals surface area contributed by atoms with Crippen LogP contribution in [0.4, 0.5) is 16.2 Å². The summed E-state index contributed by atoms with van der Waals surface area (Å²) in [6.07, 6.45) is 0. The van der Waals surface area contributed by atoms with Crippen molar-refractivity contribution in [2.75, 3.05) is 37.4 Å². The summed E-state index contributed by atoms with van der Waals surface area (Å²) < 4.78 is 5.17. The summed E-state index contributed by atoms with van der Waals surface area (Å²) in [6.45, 7) is 8.74. The van der Waals surface area contributed by atoms with Crippen LogP contribution in [0, 0.1) is 0 Å². The molecule has 0 atom stereocenters. The number of nitrogens with one attached hydrogen (secondary N) is 1. The zero-order valence-electron chi connectivity index (χ0n) is 12.6. The molecule has 114 valence electrons. The fourth-order valence-electron chi connectivity index (χ4n) is 1.64. The second-order valence-corrected chi connectivity index (χ2v) is 4.34. The predicted molar refractivity (Wildman–Crippen MR) is 89.0 cm³/mol. The first-order chi connectivity index (χ1) is 9.49. The Morgan fingerprint density at radius 2 is 1.95 bits per heavy atom. The lowest BCUT2D eigenvalue weighted by atomic mass is 10.2. The van der Waals surface area contributed by atoms with Crippen LogP contribution in [0.15, 0.2) is 18.2 Å². The fourth-order valence-corrected chi connectivity index (χ4v) is 1.79. The monoisotopic (exact) mass is 299 g/mol. The van der Waals surface area contributed by atoms with Crippen molar-refractivity contribution in [3.05, 3.63) is 18.2 Å². The Labute approximate surface area is 126 Å². The highest BCUT2D eigenvalue weighted by atomic mass is 32.1. The Hall–Kier alpha value is -1.56. The first-order valence-electron chi connectivity index (χ1n) is 6.65. The van der Waals surface area contributed by atoms with Gasteiger partial charge in [0.25, 0.3) is 5.24 Å². The minimum atomic E-state index is -0.266. The van der Waals surface area contributed by atoms with Gasteiger partial charge in [-0.05, 0) is 32.9 Å². The van der Waals surface area contributed by atoms with Crippen LogP contribution in [0.3, 0.4) is 0 Å². The standard InChI is InChI=1S/C11H18N2O.C3H7NOS/c1-4-13(5-2)9-6-7-10(12)11(8-9)14-3;1-2-4-3(5)6/h6-8H,4-5,12H2,1-3H3;2H2,1H3,(H2,4,5,6). The number of nitrogens with zero attached hydrogens (tertiary/aromatic N) is 1. The number of nitrogen functional groups attached to an aromatic ring is 1. The van der Waals surface area contributed by atoms with Gasteiger partial charge in [-0.1, -0.05) is 12.6 Å². The molecule has 0 aliphatic carbocycles. The minimum absolute atomic E-state index is 0.266. The molecule has 6 heteroatoms. The predicted octanol–water partition coefficient (Wildman–Crippen LogP) is 2.77. The molecular formula is C14H25N3O2S. The molecule has 1 amide bonds. The maximum absolute atomic E-state index is 9.80. The first kappa shape index (κ1) is 18.4. The first-order valence-corrected chi connectivity index (χ1v) is 7.09. The number of carbonyl (C=O) groups is 1. The molecule has 0 aliphatic rings. The molecular weight excluding hydrogens is 274 g/mol. The zero-order valence-corrected chi connectivity index (χ0v) is 13.5. The summed E-state index contributed by atoms with van der Waals surface area (Å²) >= 11 is 3.43. The Kier molecular flexibility index (Phi) is 9.45.